The van der Waals surface area contributed by atoms with Gasteiger partial charge in [-0.1, -0.05) is 12.1 Å². The molecule has 1 aliphatic rings. The molecule has 0 spiro atoms. The molecular weight excluding hydrogens is 350 g/mol. The highest BCUT2D eigenvalue weighted by Gasteiger charge is 2.35. The molecule has 26 heavy (non-hydrogen) atoms. The number of methoxy groups -OCH3 is 1. The van der Waals surface area contributed by atoms with Crippen LogP contribution in [0.1, 0.15) is 18.4 Å². The van der Waals surface area contributed by atoms with Crippen LogP contribution in [0.5, 0.6) is 17.2 Å². The summed E-state index contributed by atoms with van der Waals surface area (Å²) in [5.41, 5.74) is 1.57. The highest BCUT2D eigenvalue weighted by atomic mass is 32.2. The van der Waals surface area contributed by atoms with Gasteiger partial charge in [-0.05, 0) is 48.7 Å². The monoisotopic (exact) mass is 369 g/mol. The first kappa shape index (κ1) is 16.8. The average Bonchev–Trinajstić information content (AvgIpc) is 3.49. The largest absolute Gasteiger partial charge is 0.497 e. The molecule has 4 rings (SSSR count). The Bertz CT molecular complexity index is 1040. The zero-order valence-electron chi connectivity index (χ0n) is 14.4. The second kappa shape index (κ2) is 6.61. The van der Waals surface area contributed by atoms with E-state index >= 15 is 0 Å². The molecule has 1 heterocycles. The number of pyridine rings is 1. The lowest BCUT2D eigenvalue weighted by atomic mass is 10.2. The van der Waals surface area contributed by atoms with Crippen LogP contribution in [0.4, 0.5) is 0 Å². The molecule has 2 aromatic carbocycles. The Balaban J connectivity index is 1.55. The number of aromatic nitrogens is 1. The SMILES string of the molecule is COc1ccc2c(Oc3ccc(CS(=O)(=O)C4CC4)cc3)ccnc2c1. The van der Waals surface area contributed by atoms with E-state index in [4.69, 9.17) is 9.47 Å². The smallest absolute Gasteiger partial charge is 0.157 e. The molecule has 0 unspecified atom stereocenters. The van der Waals surface area contributed by atoms with Gasteiger partial charge in [0.15, 0.2) is 9.84 Å². The molecule has 6 heteroatoms. The van der Waals surface area contributed by atoms with Crippen molar-refractivity contribution in [2.24, 2.45) is 0 Å². The standard InChI is InChI=1S/C20H19NO4S/c1-24-16-6-9-18-19(12-16)21-11-10-20(18)25-15-4-2-14(3-5-15)13-26(22,23)17-7-8-17/h2-6,9-12,17H,7-8,13H2,1H3. The second-order valence-corrected chi connectivity index (χ2v) is 8.73. The predicted octanol–water partition coefficient (Wildman–Crippen LogP) is 4.11. The van der Waals surface area contributed by atoms with Crippen LogP contribution in [-0.2, 0) is 15.6 Å². The fourth-order valence-corrected chi connectivity index (χ4v) is 4.62. The number of fused-ring (bicyclic) bond motifs is 1. The Hall–Kier alpha value is -2.60. The number of sulfone groups is 1. The first-order valence-electron chi connectivity index (χ1n) is 8.46. The van der Waals surface area contributed by atoms with Crippen molar-refractivity contribution in [2.45, 2.75) is 23.8 Å². The van der Waals surface area contributed by atoms with Crippen molar-refractivity contribution in [2.75, 3.05) is 7.11 Å². The predicted molar refractivity (Wildman–Crippen MR) is 100 cm³/mol. The molecule has 5 nitrogen and oxygen atoms in total. The fraction of sp³-hybridized carbons (Fsp3) is 0.250. The van der Waals surface area contributed by atoms with Gasteiger partial charge < -0.3 is 9.47 Å². The molecule has 0 aliphatic heterocycles. The lowest BCUT2D eigenvalue weighted by Gasteiger charge is -2.10. The van der Waals surface area contributed by atoms with Crippen LogP contribution in [0, 0.1) is 0 Å². The molecule has 3 aromatic rings. The number of hydrogen-bond acceptors (Lipinski definition) is 5. The van der Waals surface area contributed by atoms with Gasteiger partial charge in [0.05, 0.1) is 23.6 Å². The Morgan fingerprint density at radius 3 is 2.46 bits per heavy atom. The van der Waals surface area contributed by atoms with Crippen molar-refractivity contribution >= 4 is 20.7 Å². The van der Waals surface area contributed by atoms with Crippen molar-refractivity contribution in [3.8, 4) is 17.2 Å². The van der Waals surface area contributed by atoms with E-state index in [9.17, 15) is 8.42 Å². The van der Waals surface area contributed by atoms with Crippen LogP contribution < -0.4 is 9.47 Å². The quantitative estimate of drug-likeness (QED) is 0.654. The number of ether oxygens (including phenoxy) is 2. The molecule has 1 saturated carbocycles. The summed E-state index contributed by atoms with van der Waals surface area (Å²) in [5.74, 6) is 2.18. The molecule has 0 atom stereocenters. The van der Waals surface area contributed by atoms with Gasteiger partial charge in [0, 0.05) is 17.6 Å². The number of nitrogens with zero attached hydrogens (tertiary/aromatic N) is 1. The van der Waals surface area contributed by atoms with Crippen molar-refractivity contribution in [1.82, 2.24) is 4.98 Å². The van der Waals surface area contributed by atoms with E-state index in [-0.39, 0.29) is 11.0 Å². The third-order valence-corrected chi connectivity index (χ3v) is 6.68. The van der Waals surface area contributed by atoms with Gasteiger partial charge in [-0.3, -0.25) is 4.98 Å². The van der Waals surface area contributed by atoms with Gasteiger partial charge in [0.2, 0.25) is 0 Å². The summed E-state index contributed by atoms with van der Waals surface area (Å²) in [7, 11) is -1.39. The summed E-state index contributed by atoms with van der Waals surface area (Å²) >= 11 is 0. The van der Waals surface area contributed by atoms with Gasteiger partial charge in [0.1, 0.15) is 17.2 Å². The zero-order valence-corrected chi connectivity index (χ0v) is 15.2. The molecule has 0 N–H and O–H groups in total. The maximum atomic E-state index is 12.1. The van der Waals surface area contributed by atoms with Crippen LogP contribution in [0.15, 0.2) is 54.7 Å². The van der Waals surface area contributed by atoms with Gasteiger partial charge in [-0.25, -0.2) is 8.42 Å². The van der Waals surface area contributed by atoms with E-state index in [1.807, 2.05) is 30.3 Å². The fourth-order valence-electron chi connectivity index (χ4n) is 2.88. The maximum Gasteiger partial charge on any atom is 0.157 e. The van der Waals surface area contributed by atoms with E-state index in [1.54, 1.807) is 31.5 Å². The summed E-state index contributed by atoms with van der Waals surface area (Å²) in [6, 6.07) is 14.6. The van der Waals surface area contributed by atoms with E-state index < -0.39 is 9.84 Å². The van der Waals surface area contributed by atoms with Gasteiger partial charge in [0.25, 0.3) is 0 Å². The Labute approximate surface area is 152 Å². The van der Waals surface area contributed by atoms with Crippen LogP contribution in [0.2, 0.25) is 0 Å². The third kappa shape index (κ3) is 3.51. The molecule has 0 bridgehead atoms. The van der Waals surface area contributed by atoms with Gasteiger partial charge in [-0.2, -0.15) is 0 Å². The summed E-state index contributed by atoms with van der Waals surface area (Å²) in [4.78, 5) is 4.34. The summed E-state index contributed by atoms with van der Waals surface area (Å²) in [6.45, 7) is 0. The van der Waals surface area contributed by atoms with E-state index in [0.717, 1.165) is 35.1 Å². The molecule has 1 fully saturated rings. The van der Waals surface area contributed by atoms with Crippen molar-refractivity contribution in [3.05, 3.63) is 60.3 Å². The van der Waals surface area contributed by atoms with Crippen LogP contribution in [-0.4, -0.2) is 25.8 Å². The molecule has 1 aromatic heterocycles. The first-order chi connectivity index (χ1) is 12.5. The van der Waals surface area contributed by atoms with Crippen molar-refractivity contribution < 1.29 is 17.9 Å². The number of hydrogen-bond donors (Lipinski definition) is 0. The Morgan fingerprint density at radius 2 is 1.77 bits per heavy atom. The van der Waals surface area contributed by atoms with E-state index in [1.165, 1.54) is 0 Å². The summed E-state index contributed by atoms with van der Waals surface area (Å²) < 4.78 is 35.4. The minimum Gasteiger partial charge on any atom is -0.497 e. The highest BCUT2D eigenvalue weighted by Crippen LogP contribution is 2.33. The van der Waals surface area contributed by atoms with Crippen LogP contribution in [0.3, 0.4) is 0 Å². The maximum absolute atomic E-state index is 12.1. The molecule has 0 amide bonds. The molecule has 0 radical (unpaired) electrons. The first-order valence-corrected chi connectivity index (χ1v) is 10.2. The number of rotatable bonds is 6. The zero-order chi connectivity index (χ0) is 18.1. The van der Waals surface area contributed by atoms with Gasteiger partial charge in [-0.15, -0.1) is 0 Å². The van der Waals surface area contributed by atoms with Crippen molar-refractivity contribution in [3.63, 3.8) is 0 Å². The highest BCUT2D eigenvalue weighted by molar-refractivity contribution is 7.91. The molecule has 0 saturated heterocycles. The summed E-state index contributed by atoms with van der Waals surface area (Å²) in [5, 5.41) is 0.743. The Kier molecular flexibility index (Phi) is 4.28. The molecule has 134 valence electrons. The minimum atomic E-state index is -3.01. The topological polar surface area (TPSA) is 65.5 Å². The lowest BCUT2D eigenvalue weighted by Crippen LogP contribution is -2.09. The lowest BCUT2D eigenvalue weighted by molar-refractivity contribution is 0.415. The minimum absolute atomic E-state index is 0.0932. The van der Waals surface area contributed by atoms with E-state index in [0.29, 0.717) is 11.5 Å². The number of benzene rings is 2. The molecular formula is C20H19NO4S. The normalized spacial score (nSPS) is 14.3. The average molecular weight is 369 g/mol. The van der Waals surface area contributed by atoms with E-state index in [2.05, 4.69) is 4.98 Å². The van der Waals surface area contributed by atoms with Crippen LogP contribution >= 0.6 is 0 Å². The Morgan fingerprint density at radius 1 is 1.04 bits per heavy atom. The molecule has 1 aliphatic carbocycles. The van der Waals surface area contributed by atoms with Crippen molar-refractivity contribution in [1.29, 1.82) is 0 Å². The summed E-state index contributed by atoms with van der Waals surface area (Å²) in [6.07, 6.45) is 3.28. The third-order valence-electron chi connectivity index (χ3n) is 4.46. The van der Waals surface area contributed by atoms with Gasteiger partial charge >= 0.3 is 0 Å². The second-order valence-electron chi connectivity index (χ2n) is 6.44. The van der Waals surface area contributed by atoms with Crippen LogP contribution in [0.25, 0.3) is 10.9 Å².